The van der Waals surface area contributed by atoms with Gasteiger partial charge < -0.3 is 4.90 Å². The lowest BCUT2D eigenvalue weighted by molar-refractivity contribution is -0.384. The van der Waals surface area contributed by atoms with Crippen molar-refractivity contribution in [2.24, 2.45) is 5.92 Å². The van der Waals surface area contributed by atoms with Crippen LogP contribution in [0.15, 0.2) is 69.4 Å². The first-order valence-electron chi connectivity index (χ1n) is 12.0. The minimum atomic E-state index is -0.472. The van der Waals surface area contributed by atoms with Crippen LogP contribution in [0.1, 0.15) is 24.1 Å². The van der Waals surface area contributed by atoms with Crippen LogP contribution in [0.2, 0.25) is 0 Å². The van der Waals surface area contributed by atoms with Gasteiger partial charge in [-0.1, -0.05) is 42.1 Å². The summed E-state index contributed by atoms with van der Waals surface area (Å²) in [7, 11) is 0. The van der Waals surface area contributed by atoms with Crippen molar-refractivity contribution in [2.45, 2.75) is 35.7 Å². The van der Waals surface area contributed by atoms with Crippen LogP contribution in [0.4, 0.5) is 5.69 Å². The number of amides is 1. The van der Waals surface area contributed by atoms with Crippen LogP contribution in [-0.2, 0) is 17.6 Å². The Labute approximate surface area is 217 Å². The van der Waals surface area contributed by atoms with Gasteiger partial charge in [0, 0.05) is 37.4 Å². The predicted octanol–water partition coefficient (Wildman–Crippen LogP) is 4.36. The number of hydrogen-bond acceptors (Lipinski definition) is 7. The molecule has 0 saturated carbocycles. The number of piperidine rings is 1. The van der Waals surface area contributed by atoms with Gasteiger partial charge in [-0.2, -0.15) is 0 Å². The number of aromatic nitrogens is 2. The normalized spacial score (nSPS) is 15.6. The van der Waals surface area contributed by atoms with Crippen molar-refractivity contribution >= 4 is 35.1 Å². The van der Waals surface area contributed by atoms with Crippen LogP contribution >= 0.6 is 23.5 Å². The minimum Gasteiger partial charge on any atom is -0.342 e. The van der Waals surface area contributed by atoms with E-state index in [1.165, 1.54) is 45.8 Å². The van der Waals surface area contributed by atoms with E-state index in [1.54, 1.807) is 12.1 Å². The Kier molecular flexibility index (Phi) is 7.43. The first-order valence-corrected chi connectivity index (χ1v) is 13.9. The average molecular weight is 523 g/mol. The zero-order valence-electron chi connectivity index (χ0n) is 19.7. The number of hydrogen-bond donors (Lipinski definition) is 0. The number of nitrogens with zero attached hydrogens (tertiary/aromatic N) is 4. The average Bonchev–Trinajstić information content (AvgIpc) is 3.38. The molecule has 0 spiro atoms. The van der Waals surface area contributed by atoms with Gasteiger partial charge in [0.2, 0.25) is 5.91 Å². The van der Waals surface area contributed by atoms with Gasteiger partial charge in [-0.15, -0.1) is 11.8 Å². The molecular weight excluding hydrogens is 496 g/mol. The molecule has 3 heterocycles. The zero-order chi connectivity index (χ0) is 25.1. The molecule has 0 atom stereocenters. The van der Waals surface area contributed by atoms with E-state index in [2.05, 4.69) is 24.3 Å². The molecule has 0 N–H and O–H groups in total. The summed E-state index contributed by atoms with van der Waals surface area (Å²) >= 11 is 2.73. The molecule has 186 valence electrons. The number of nitro groups is 1. The standard InChI is InChI=1S/C26H26N4O4S2/c31-23(28-13-10-19(11-14-28)16-18-4-2-1-3-5-18)17-36-26-27-22-12-15-35-24(22)25(32)29(26)20-6-8-21(9-7-20)30(33)34/h1-9,19H,10-17H2. The van der Waals surface area contributed by atoms with Crippen molar-refractivity contribution in [2.75, 3.05) is 24.6 Å². The van der Waals surface area contributed by atoms with E-state index in [-0.39, 0.29) is 22.9 Å². The molecule has 10 heteroatoms. The zero-order valence-corrected chi connectivity index (χ0v) is 21.3. The molecule has 0 unspecified atom stereocenters. The number of benzene rings is 2. The van der Waals surface area contributed by atoms with E-state index >= 15 is 0 Å². The summed E-state index contributed by atoms with van der Waals surface area (Å²) in [4.78, 5) is 44.2. The Hall–Kier alpha value is -3.11. The Bertz CT molecular complexity index is 1320. The third-order valence-corrected chi connectivity index (χ3v) is 8.68. The number of thioether (sulfide) groups is 2. The van der Waals surface area contributed by atoms with Crippen LogP contribution in [0, 0.1) is 16.0 Å². The Morgan fingerprint density at radius 1 is 1.11 bits per heavy atom. The van der Waals surface area contributed by atoms with Gasteiger partial charge in [0.05, 0.1) is 27.0 Å². The maximum Gasteiger partial charge on any atom is 0.272 e. The Morgan fingerprint density at radius 2 is 1.83 bits per heavy atom. The molecule has 1 aromatic heterocycles. The molecule has 1 saturated heterocycles. The summed E-state index contributed by atoms with van der Waals surface area (Å²) in [6.07, 6.45) is 3.71. The number of rotatable bonds is 7. The number of non-ortho nitro benzene ring substituents is 1. The van der Waals surface area contributed by atoms with E-state index in [0.717, 1.165) is 43.8 Å². The van der Waals surface area contributed by atoms with E-state index in [4.69, 9.17) is 4.98 Å². The third-order valence-electron chi connectivity index (χ3n) is 6.64. The van der Waals surface area contributed by atoms with E-state index < -0.39 is 4.92 Å². The van der Waals surface area contributed by atoms with Crippen molar-refractivity contribution in [3.63, 3.8) is 0 Å². The van der Waals surface area contributed by atoms with Crippen molar-refractivity contribution in [3.05, 3.63) is 86.3 Å². The van der Waals surface area contributed by atoms with Crippen LogP contribution in [-0.4, -0.2) is 49.9 Å². The molecule has 2 aliphatic heterocycles. The SMILES string of the molecule is O=C(CSc1nc2c(c(=O)n1-c1ccc([N+](=O)[O-])cc1)SCC2)N1CCC(Cc2ccccc2)CC1. The highest BCUT2D eigenvalue weighted by Gasteiger charge is 2.26. The topological polar surface area (TPSA) is 98.3 Å². The molecule has 2 aromatic carbocycles. The van der Waals surface area contributed by atoms with E-state index in [0.29, 0.717) is 28.1 Å². The van der Waals surface area contributed by atoms with Gasteiger partial charge in [-0.3, -0.25) is 24.3 Å². The molecule has 3 aromatic rings. The van der Waals surface area contributed by atoms with Crippen LogP contribution in [0.25, 0.3) is 5.69 Å². The summed E-state index contributed by atoms with van der Waals surface area (Å²) in [5, 5.41) is 11.5. The molecule has 1 amide bonds. The summed E-state index contributed by atoms with van der Waals surface area (Å²) in [6.45, 7) is 1.47. The van der Waals surface area contributed by atoms with Crippen LogP contribution in [0.3, 0.4) is 0 Å². The lowest BCUT2D eigenvalue weighted by atomic mass is 9.90. The van der Waals surface area contributed by atoms with Crippen LogP contribution in [0.5, 0.6) is 0 Å². The second-order valence-corrected chi connectivity index (χ2v) is 11.0. The van der Waals surface area contributed by atoms with Crippen molar-refractivity contribution in [1.82, 2.24) is 14.5 Å². The van der Waals surface area contributed by atoms with Crippen LogP contribution < -0.4 is 5.56 Å². The molecule has 0 radical (unpaired) electrons. The fraction of sp³-hybridized carbons (Fsp3) is 0.346. The van der Waals surface area contributed by atoms with Gasteiger partial charge in [-0.05, 0) is 42.9 Å². The molecule has 5 rings (SSSR count). The second-order valence-electron chi connectivity index (χ2n) is 8.99. The quantitative estimate of drug-likeness (QED) is 0.197. The highest BCUT2D eigenvalue weighted by molar-refractivity contribution is 8.00. The molecule has 0 aliphatic carbocycles. The first-order chi connectivity index (χ1) is 17.5. The maximum atomic E-state index is 13.3. The fourth-order valence-corrected chi connectivity index (χ4v) is 6.65. The van der Waals surface area contributed by atoms with Gasteiger partial charge in [0.15, 0.2) is 5.16 Å². The van der Waals surface area contributed by atoms with E-state index in [1.807, 2.05) is 11.0 Å². The number of aryl methyl sites for hydroxylation is 1. The van der Waals surface area contributed by atoms with Crippen molar-refractivity contribution in [3.8, 4) is 5.69 Å². The van der Waals surface area contributed by atoms with Gasteiger partial charge >= 0.3 is 0 Å². The largest absolute Gasteiger partial charge is 0.342 e. The molecule has 36 heavy (non-hydrogen) atoms. The molecule has 2 aliphatic rings. The number of carbonyl (C=O) groups is 1. The highest BCUT2D eigenvalue weighted by Crippen LogP contribution is 2.31. The Morgan fingerprint density at radius 3 is 2.53 bits per heavy atom. The maximum absolute atomic E-state index is 13.3. The summed E-state index contributed by atoms with van der Waals surface area (Å²) in [5.41, 5.74) is 2.37. The third kappa shape index (κ3) is 5.34. The number of likely N-dealkylation sites (tertiary alicyclic amines) is 1. The number of nitro benzene ring substituents is 1. The Balaban J connectivity index is 1.28. The molecule has 0 bridgehead atoms. The fourth-order valence-electron chi connectivity index (χ4n) is 4.69. The van der Waals surface area contributed by atoms with E-state index in [9.17, 15) is 19.7 Å². The summed E-state index contributed by atoms with van der Waals surface area (Å²) in [6, 6.07) is 16.3. The molecule has 8 nitrogen and oxygen atoms in total. The van der Waals surface area contributed by atoms with Gasteiger partial charge in [0.25, 0.3) is 11.2 Å². The number of fused-ring (bicyclic) bond motifs is 1. The lowest BCUT2D eigenvalue weighted by Gasteiger charge is -2.32. The summed E-state index contributed by atoms with van der Waals surface area (Å²) < 4.78 is 1.48. The van der Waals surface area contributed by atoms with Gasteiger partial charge in [-0.25, -0.2) is 4.98 Å². The smallest absolute Gasteiger partial charge is 0.272 e. The molecule has 1 fully saturated rings. The van der Waals surface area contributed by atoms with Gasteiger partial charge in [0.1, 0.15) is 0 Å². The molecular formula is C26H26N4O4S2. The lowest BCUT2D eigenvalue weighted by Crippen LogP contribution is -2.40. The monoisotopic (exact) mass is 522 g/mol. The first kappa shape index (κ1) is 24.6. The van der Waals surface area contributed by atoms with Crippen molar-refractivity contribution in [1.29, 1.82) is 0 Å². The summed E-state index contributed by atoms with van der Waals surface area (Å²) in [5.74, 6) is 1.60. The number of carbonyl (C=O) groups excluding carboxylic acids is 1. The highest BCUT2D eigenvalue weighted by atomic mass is 32.2. The van der Waals surface area contributed by atoms with Crippen molar-refractivity contribution < 1.29 is 9.72 Å². The second kappa shape index (κ2) is 10.9. The predicted molar refractivity (Wildman–Crippen MR) is 141 cm³/mol. The minimum absolute atomic E-state index is 0.0394.